The first kappa shape index (κ1) is 19.8. The number of thiophene rings is 1. The molecule has 0 bridgehead atoms. The lowest BCUT2D eigenvalue weighted by molar-refractivity contribution is -0.116. The van der Waals surface area contributed by atoms with Crippen molar-refractivity contribution in [3.05, 3.63) is 39.6 Å². The number of nitrogens with zero attached hydrogens (tertiary/aromatic N) is 1. The van der Waals surface area contributed by atoms with Crippen molar-refractivity contribution < 1.29 is 19.1 Å². The van der Waals surface area contributed by atoms with E-state index in [2.05, 4.69) is 5.32 Å². The third kappa shape index (κ3) is 4.56. The highest BCUT2D eigenvalue weighted by atomic mass is 32.1. The molecule has 0 saturated heterocycles. The van der Waals surface area contributed by atoms with Crippen LogP contribution in [0.2, 0.25) is 0 Å². The fourth-order valence-corrected chi connectivity index (χ4v) is 4.97. The fourth-order valence-electron chi connectivity index (χ4n) is 3.75. The van der Waals surface area contributed by atoms with Gasteiger partial charge in [0, 0.05) is 23.2 Å². The van der Waals surface area contributed by atoms with Crippen molar-refractivity contribution in [1.82, 2.24) is 4.90 Å². The Hall–Kier alpha value is -2.54. The molecule has 1 aliphatic heterocycles. The van der Waals surface area contributed by atoms with Crippen molar-refractivity contribution in [1.29, 1.82) is 0 Å². The summed E-state index contributed by atoms with van der Waals surface area (Å²) in [6.07, 6.45) is 5.75. The zero-order valence-electron chi connectivity index (χ0n) is 16.7. The summed E-state index contributed by atoms with van der Waals surface area (Å²) in [4.78, 5) is 29.2. The Balaban J connectivity index is 1.40. The van der Waals surface area contributed by atoms with Crippen LogP contribution in [-0.2, 0) is 17.6 Å². The normalized spacial score (nSPS) is 15.2. The molecule has 0 radical (unpaired) electrons. The summed E-state index contributed by atoms with van der Waals surface area (Å²) in [6, 6.07) is 7.35. The largest absolute Gasteiger partial charge is 0.486 e. The molecule has 2 heterocycles. The molecular weight excluding hydrogens is 388 g/mol. The average molecular weight is 415 g/mol. The maximum absolute atomic E-state index is 13.0. The molecule has 154 valence electrons. The number of aryl methyl sites for hydroxylation is 2. The van der Waals surface area contributed by atoms with Gasteiger partial charge in [0.05, 0.1) is 4.88 Å². The van der Waals surface area contributed by atoms with Crippen molar-refractivity contribution in [2.75, 3.05) is 31.6 Å². The number of fused-ring (bicyclic) bond motifs is 2. The second kappa shape index (κ2) is 8.86. The van der Waals surface area contributed by atoms with Crippen molar-refractivity contribution >= 4 is 28.8 Å². The molecule has 0 unspecified atom stereocenters. The van der Waals surface area contributed by atoms with Gasteiger partial charge in [-0.15, -0.1) is 11.3 Å². The van der Waals surface area contributed by atoms with Crippen LogP contribution in [0.4, 0.5) is 5.69 Å². The van der Waals surface area contributed by atoms with Crippen LogP contribution >= 0.6 is 11.3 Å². The molecule has 1 aromatic carbocycles. The minimum atomic E-state index is -0.227. The number of hydrogen-bond acceptors (Lipinski definition) is 5. The Morgan fingerprint density at radius 1 is 1.07 bits per heavy atom. The number of hydrogen-bond donors (Lipinski definition) is 1. The topological polar surface area (TPSA) is 67.9 Å². The second-order valence-corrected chi connectivity index (χ2v) is 8.48. The molecular formula is C22H26N2O4S. The first-order valence-electron chi connectivity index (χ1n) is 10.2. The van der Waals surface area contributed by atoms with E-state index in [0.717, 1.165) is 17.7 Å². The zero-order chi connectivity index (χ0) is 20.2. The number of anilines is 1. The van der Waals surface area contributed by atoms with Gasteiger partial charge in [0.15, 0.2) is 11.5 Å². The molecule has 4 rings (SSSR count). The zero-order valence-corrected chi connectivity index (χ0v) is 17.5. The average Bonchev–Trinajstić information content (AvgIpc) is 3.02. The lowest BCUT2D eigenvalue weighted by atomic mass is 10.1. The standard InChI is InChI=1S/C22H26N2O4S/c1-2-24(22(26)20-12-15-6-4-3-5-7-19(15)29-20)14-21(25)23-16-8-9-17-18(13-16)28-11-10-27-17/h8-9,12-13H,2-7,10-11,14H2,1H3,(H,23,25). The van der Waals surface area contributed by atoms with E-state index in [9.17, 15) is 9.59 Å². The molecule has 29 heavy (non-hydrogen) atoms. The number of amides is 2. The minimum Gasteiger partial charge on any atom is -0.486 e. The highest BCUT2D eigenvalue weighted by Crippen LogP contribution is 2.33. The van der Waals surface area contributed by atoms with Crippen LogP contribution < -0.4 is 14.8 Å². The van der Waals surface area contributed by atoms with Crippen molar-refractivity contribution in [2.24, 2.45) is 0 Å². The smallest absolute Gasteiger partial charge is 0.264 e. The van der Waals surface area contributed by atoms with E-state index in [-0.39, 0.29) is 18.4 Å². The first-order valence-corrected chi connectivity index (χ1v) is 11.1. The van der Waals surface area contributed by atoms with E-state index in [1.165, 1.54) is 29.7 Å². The molecule has 0 fully saturated rings. The molecule has 0 spiro atoms. The van der Waals surface area contributed by atoms with Crippen LogP contribution in [0.1, 0.15) is 46.3 Å². The maximum Gasteiger partial charge on any atom is 0.264 e. The van der Waals surface area contributed by atoms with Gasteiger partial charge in [0.25, 0.3) is 5.91 Å². The highest BCUT2D eigenvalue weighted by Gasteiger charge is 2.22. The molecule has 2 aliphatic rings. The monoisotopic (exact) mass is 414 g/mol. The highest BCUT2D eigenvalue weighted by molar-refractivity contribution is 7.14. The van der Waals surface area contributed by atoms with Crippen molar-refractivity contribution in [3.63, 3.8) is 0 Å². The van der Waals surface area contributed by atoms with Gasteiger partial charge in [-0.05, 0) is 56.4 Å². The first-order chi connectivity index (χ1) is 14.1. The third-order valence-electron chi connectivity index (χ3n) is 5.29. The van der Waals surface area contributed by atoms with Gasteiger partial charge in [0.1, 0.15) is 19.8 Å². The summed E-state index contributed by atoms with van der Waals surface area (Å²) in [5, 5.41) is 2.86. The molecule has 1 aromatic heterocycles. The summed E-state index contributed by atoms with van der Waals surface area (Å²) in [5.41, 5.74) is 1.94. The molecule has 2 aromatic rings. The van der Waals surface area contributed by atoms with E-state index in [0.29, 0.717) is 36.9 Å². The Labute approximate surface area is 174 Å². The van der Waals surface area contributed by atoms with Gasteiger partial charge in [0.2, 0.25) is 5.91 Å². The Morgan fingerprint density at radius 3 is 2.69 bits per heavy atom. The van der Waals surface area contributed by atoms with E-state index >= 15 is 0 Å². The van der Waals surface area contributed by atoms with Crippen LogP contribution in [0.15, 0.2) is 24.3 Å². The van der Waals surface area contributed by atoms with Crippen LogP contribution in [-0.4, -0.2) is 43.0 Å². The molecule has 0 atom stereocenters. The lowest BCUT2D eigenvalue weighted by Gasteiger charge is -2.21. The number of carbonyl (C=O) groups excluding carboxylic acids is 2. The summed E-state index contributed by atoms with van der Waals surface area (Å²) < 4.78 is 11.1. The SMILES string of the molecule is CCN(CC(=O)Nc1ccc2c(c1)OCCO2)C(=O)c1cc2c(s1)CCCCC2. The molecule has 2 amide bonds. The Bertz CT molecular complexity index is 885. The predicted molar refractivity (Wildman–Crippen MR) is 113 cm³/mol. The predicted octanol–water partition coefficient (Wildman–Crippen LogP) is 3.89. The summed E-state index contributed by atoms with van der Waals surface area (Å²) in [7, 11) is 0. The summed E-state index contributed by atoms with van der Waals surface area (Å²) in [6.45, 7) is 3.42. The maximum atomic E-state index is 13.0. The van der Waals surface area contributed by atoms with Crippen LogP contribution in [0.5, 0.6) is 11.5 Å². The van der Waals surface area contributed by atoms with Crippen LogP contribution in [0.3, 0.4) is 0 Å². The molecule has 1 aliphatic carbocycles. The van der Waals surface area contributed by atoms with Gasteiger partial charge < -0.3 is 19.7 Å². The van der Waals surface area contributed by atoms with E-state index in [1.807, 2.05) is 13.0 Å². The number of benzene rings is 1. The minimum absolute atomic E-state index is 0.0202. The van der Waals surface area contributed by atoms with E-state index < -0.39 is 0 Å². The van der Waals surface area contributed by atoms with Crippen LogP contribution in [0, 0.1) is 0 Å². The summed E-state index contributed by atoms with van der Waals surface area (Å²) in [5.74, 6) is 1.01. The van der Waals surface area contributed by atoms with Crippen LogP contribution in [0.25, 0.3) is 0 Å². The van der Waals surface area contributed by atoms with Crippen molar-refractivity contribution in [2.45, 2.75) is 39.0 Å². The number of rotatable bonds is 5. The van der Waals surface area contributed by atoms with Gasteiger partial charge in [-0.3, -0.25) is 9.59 Å². The van der Waals surface area contributed by atoms with Gasteiger partial charge in [-0.2, -0.15) is 0 Å². The molecule has 7 heteroatoms. The third-order valence-corrected chi connectivity index (χ3v) is 6.51. The Kier molecular flexibility index (Phi) is 6.04. The van der Waals surface area contributed by atoms with Gasteiger partial charge in [-0.1, -0.05) is 6.42 Å². The van der Waals surface area contributed by atoms with Crippen molar-refractivity contribution in [3.8, 4) is 11.5 Å². The summed E-state index contributed by atoms with van der Waals surface area (Å²) >= 11 is 1.59. The second-order valence-electron chi connectivity index (χ2n) is 7.35. The number of carbonyl (C=O) groups is 2. The van der Waals surface area contributed by atoms with E-state index in [4.69, 9.17) is 9.47 Å². The van der Waals surface area contributed by atoms with Gasteiger partial charge >= 0.3 is 0 Å². The molecule has 1 N–H and O–H groups in total. The number of nitrogens with one attached hydrogen (secondary N) is 1. The number of ether oxygens (including phenoxy) is 2. The quantitative estimate of drug-likeness (QED) is 0.754. The molecule has 0 saturated carbocycles. The fraction of sp³-hybridized carbons (Fsp3) is 0.455. The number of likely N-dealkylation sites (N-methyl/N-ethyl adjacent to an activating group) is 1. The molecule has 6 nitrogen and oxygen atoms in total. The van der Waals surface area contributed by atoms with E-state index in [1.54, 1.807) is 34.4 Å². The Morgan fingerprint density at radius 2 is 1.86 bits per heavy atom. The lowest BCUT2D eigenvalue weighted by Crippen LogP contribution is -2.37. The van der Waals surface area contributed by atoms with Gasteiger partial charge in [-0.25, -0.2) is 0 Å².